The van der Waals surface area contributed by atoms with Crippen molar-refractivity contribution in [2.45, 2.75) is 39.3 Å². The molecule has 0 saturated carbocycles. The predicted molar refractivity (Wildman–Crippen MR) is 75.5 cm³/mol. The van der Waals surface area contributed by atoms with Gasteiger partial charge in [-0.15, -0.1) is 0 Å². The minimum atomic E-state index is -1.31. The highest BCUT2D eigenvalue weighted by Gasteiger charge is 2.34. The molecule has 0 rings (SSSR count). The Bertz CT molecular complexity index is 217. The van der Waals surface area contributed by atoms with Crippen LogP contribution in [0.1, 0.15) is 0 Å². The quantitative estimate of drug-likeness (QED) is 0.399. The van der Waals surface area contributed by atoms with Crippen molar-refractivity contribution in [3.8, 4) is 0 Å². The first-order chi connectivity index (χ1) is 7.09. The van der Waals surface area contributed by atoms with Crippen LogP contribution in [0.5, 0.6) is 0 Å². The molecule has 0 heterocycles. The second-order valence-corrected chi connectivity index (χ2v) is 16.2. The number of hydrogen-bond donors (Lipinski definition) is 0. The van der Waals surface area contributed by atoms with E-state index in [1.165, 1.54) is 0 Å². The van der Waals surface area contributed by atoms with E-state index in [4.69, 9.17) is 9.47 Å². The number of rotatable bonds is 7. The molecule has 3 nitrogen and oxygen atoms in total. The van der Waals surface area contributed by atoms with Crippen LogP contribution in [0.2, 0.25) is 39.3 Å². The lowest BCUT2D eigenvalue weighted by molar-refractivity contribution is 0.00308. The van der Waals surface area contributed by atoms with Gasteiger partial charge in [-0.3, -0.25) is 0 Å². The van der Waals surface area contributed by atoms with E-state index in [-0.39, 0.29) is 0 Å². The Hall–Kier alpha value is -0.106. The van der Waals surface area contributed by atoms with Crippen LogP contribution in [0, 0.1) is 0 Å². The summed E-state index contributed by atoms with van der Waals surface area (Å²) in [7, 11) is -0.994. The summed E-state index contributed by atoms with van der Waals surface area (Å²) in [6, 6.07) is 0. The molecule has 0 aliphatic heterocycles. The third-order valence-corrected chi connectivity index (χ3v) is 9.92. The Kier molecular flexibility index (Phi) is 5.96. The minimum Gasteiger partial charge on any atom is -0.471 e. The molecule has 96 valence electrons. The van der Waals surface area contributed by atoms with Crippen LogP contribution in [0.15, 0.2) is 12.3 Å². The molecule has 16 heavy (non-hydrogen) atoms. The number of hydrogen-bond acceptors (Lipinski definition) is 3. The third kappa shape index (κ3) is 5.84. The standard InChI is InChI=1S/C11H27NO2Si2/c1-11(14-10-13-2)9-12(15(3,4)5)16(6,7)8/h1,9-10H2,2-8H3. The van der Waals surface area contributed by atoms with Crippen molar-refractivity contribution in [1.82, 2.24) is 4.23 Å². The van der Waals surface area contributed by atoms with Gasteiger partial charge in [-0.25, -0.2) is 0 Å². The van der Waals surface area contributed by atoms with Gasteiger partial charge >= 0.3 is 0 Å². The molecule has 0 aromatic rings. The zero-order valence-corrected chi connectivity index (χ0v) is 13.9. The fraction of sp³-hybridized carbons (Fsp3) is 0.818. The molecule has 0 saturated heterocycles. The number of nitrogens with zero attached hydrogens (tertiary/aromatic N) is 1. The van der Waals surface area contributed by atoms with E-state index in [9.17, 15) is 0 Å². The van der Waals surface area contributed by atoms with Crippen molar-refractivity contribution in [2.24, 2.45) is 0 Å². The van der Waals surface area contributed by atoms with Gasteiger partial charge < -0.3 is 13.7 Å². The van der Waals surface area contributed by atoms with Gasteiger partial charge in [-0.05, 0) is 0 Å². The van der Waals surface area contributed by atoms with Crippen molar-refractivity contribution in [3.63, 3.8) is 0 Å². The summed E-state index contributed by atoms with van der Waals surface area (Å²) < 4.78 is 12.9. The van der Waals surface area contributed by atoms with Gasteiger partial charge in [0.1, 0.15) is 22.2 Å². The highest BCUT2D eigenvalue weighted by atomic mass is 28.4. The molecule has 0 amide bonds. The highest BCUT2D eigenvalue weighted by molar-refractivity contribution is 6.89. The van der Waals surface area contributed by atoms with E-state index in [1.54, 1.807) is 7.11 Å². The monoisotopic (exact) mass is 261 g/mol. The van der Waals surface area contributed by atoms with E-state index in [0.29, 0.717) is 6.79 Å². The van der Waals surface area contributed by atoms with Crippen molar-refractivity contribution in [3.05, 3.63) is 12.3 Å². The van der Waals surface area contributed by atoms with Crippen LogP contribution in [-0.4, -0.2) is 41.1 Å². The first-order valence-corrected chi connectivity index (χ1v) is 12.6. The largest absolute Gasteiger partial charge is 0.471 e. The topological polar surface area (TPSA) is 21.7 Å². The molecule has 0 atom stereocenters. The molecular formula is C11H27NO2Si2. The summed E-state index contributed by atoms with van der Waals surface area (Å²) in [5.41, 5.74) is 0. The fourth-order valence-corrected chi connectivity index (χ4v) is 11.2. The fourth-order valence-electron chi connectivity index (χ4n) is 1.84. The molecule has 0 aromatic heterocycles. The van der Waals surface area contributed by atoms with Crippen molar-refractivity contribution in [2.75, 3.05) is 20.4 Å². The maximum atomic E-state index is 5.40. The van der Waals surface area contributed by atoms with Gasteiger partial charge in [0.2, 0.25) is 0 Å². The van der Waals surface area contributed by atoms with Gasteiger partial charge in [-0.2, -0.15) is 0 Å². The van der Waals surface area contributed by atoms with E-state index >= 15 is 0 Å². The zero-order chi connectivity index (χ0) is 13.0. The maximum absolute atomic E-state index is 5.40. The minimum absolute atomic E-state index is 0.296. The summed E-state index contributed by atoms with van der Waals surface area (Å²) in [5, 5.41) is 0. The van der Waals surface area contributed by atoms with E-state index in [0.717, 1.165) is 12.3 Å². The molecule has 0 aliphatic carbocycles. The molecule has 0 N–H and O–H groups in total. The first-order valence-electron chi connectivity index (χ1n) is 5.66. The van der Waals surface area contributed by atoms with Gasteiger partial charge in [0.25, 0.3) is 0 Å². The number of ether oxygens (including phenoxy) is 2. The van der Waals surface area contributed by atoms with Gasteiger partial charge in [0, 0.05) is 13.7 Å². The van der Waals surface area contributed by atoms with Crippen LogP contribution in [0.25, 0.3) is 0 Å². The van der Waals surface area contributed by atoms with Crippen molar-refractivity contribution >= 4 is 16.5 Å². The second-order valence-electron chi connectivity index (χ2n) is 6.02. The second kappa shape index (κ2) is 6.00. The van der Waals surface area contributed by atoms with Crippen molar-refractivity contribution < 1.29 is 9.47 Å². The lowest BCUT2D eigenvalue weighted by atomic mass is 10.6. The Morgan fingerprint density at radius 1 is 1.06 bits per heavy atom. The van der Waals surface area contributed by atoms with E-state index in [1.807, 2.05) is 0 Å². The van der Waals surface area contributed by atoms with Crippen LogP contribution in [0.4, 0.5) is 0 Å². The Labute approximate surface area is 103 Å². The van der Waals surface area contributed by atoms with Crippen LogP contribution in [-0.2, 0) is 9.47 Å². The molecule has 0 aliphatic rings. The Morgan fingerprint density at radius 2 is 1.50 bits per heavy atom. The van der Waals surface area contributed by atoms with Gasteiger partial charge in [0.05, 0.1) is 0 Å². The van der Waals surface area contributed by atoms with Crippen LogP contribution >= 0.6 is 0 Å². The first kappa shape index (κ1) is 15.9. The third-order valence-electron chi connectivity index (χ3n) is 2.33. The Balaban J connectivity index is 4.52. The van der Waals surface area contributed by atoms with E-state index in [2.05, 4.69) is 50.1 Å². The summed E-state index contributed by atoms with van der Waals surface area (Å²) in [5.74, 6) is 0.812. The molecule has 0 bridgehead atoms. The SMILES string of the molecule is C=C(CN([Si](C)(C)C)[Si](C)(C)C)OCOC. The zero-order valence-electron chi connectivity index (χ0n) is 11.9. The molecule has 0 aromatic carbocycles. The predicted octanol–water partition coefficient (Wildman–Crippen LogP) is 3.09. The van der Waals surface area contributed by atoms with Crippen LogP contribution < -0.4 is 0 Å². The van der Waals surface area contributed by atoms with Gasteiger partial charge in [0.15, 0.2) is 6.79 Å². The lowest BCUT2D eigenvalue weighted by Gasteiger charge is -2.43. The molecule has 0 spiro atoms. The van der Waals surface area contributed by atoms with E-state index < -0.39 is 16.5 Å². The summed E-state index contributed by atoms with van der Waals surface area (Å²) in [6.45, 7) is 19.3. The lowest BCUT2D eigenvalue weighted by Crippen LogP contribution is -2.59. The molecular weight excluding hydrogens is 234 g/mol. The summed E-state index contributed by atoms with van der Waals surface area (Å²) in [6.07, 6.45) is 0. The van der Waals surface area contributed by atoms with Crippen molar-refractivity contribution in [1.29, 1.82) is 0 Å². The molecule has 0 radical (unpaired) electrons. The summed E-state index contributed by atoms with van der Waals surface area (Å²) >= 11 is 0. The smallest absolute Gasteiger partial charge is 0.188 e. The average molecular weight is 262 g/mol. The molecule has 0 unspecified atom stereocenters. The number of methoxy groups -OCH3 is 1. The molecule has 0 fully saturated rings. The summed E-state index contributed by atoms with van der Waals surface area (Å²) in [4.78, 5) is 0. The molecule has 5 heteroatoms. The average Bonchev–Trinajstić information content (AvgIpc) is 2.07. The highest BCUT2D eigenvalue weighted by Crippen LogP contribution is 2.20. The Morgan fingerprint density at radius 3 is 1.81 bits per heavy atom. The van der Waals surface area contributed by atoms with Gasteiger partial charge in [-0.1, -0.05) is 45.9 Å². The normalized spacial score (nSPS) is 13.0. The maximum Gasteiger partial charge on any atom is 0.188 e. The van der Waals surface area contributed by atoms with Crippen LogP contribution in [0.3, 0.4) is 0 Å².